The molecule has 8 heteroatoms. The van der Waals surface area contributed by atoms with E-state index in [4.69, 9.17) is 10.7 Å². The Morgan fingerprint density at radius 1 is 1.43 bits per heavy atom. The Balaban J connectivity index is 2.46. The number of hydrogen-bond donors (Lipinski definition) is 0. The molecule has 1 saturated heterocycles. The molecule has 1 aliphatic heterocycles. The second-order valence-corrected chi connectivity index (χ2v) is 8.43. The second kappa shape index (κ2) is 6.22. The van der Waals surface area contributed by atoms with Crippen LogP contribution in [0.5, 0.6) is 0 Å². The maximum absolute atomic E-state index is 14.0. The zero-order valence-electron chi connectivity index (χ0n) is 11.3. The van der Waals surface area contributed by atoms with Gasteiger partial charge in [0, 0.05) is 27.7 Å². The van der Waals surface area contributed by atoms with Gasteiger partial charge in [0.15, 0.2) is 0 Å². The van der Waals surface area contributed by atoms with Crippen molar-refractivity contribution in [2.24, 2.45) is 0 Å². The Morgan fingerprint density at radius 2 is 2.10 bits per heavy atom. The minimum atomic E-state index is -4.06. The number of piperidine rings is 1. The fourth-order valence-corrected chi connectivity index (χ4v) is 4.60. The van der Waals surface area contributed by atoms with E-state index < -0.39 is 20.8 Å². The molecule has 4 nitrogen and oxygen atoms in total. The highest BCUT2D eigenvalue weighted by Gasteiger charge is 2.28. The molecule has 1 amide bonds. The van der Waals surface area contributed by atoms with Crippen molar-refractivity contribution in [2.75, 3.05) is 6.54 Å². The molecule has 2 rings (SSSR count). The quantitative estimate of drug-likeness (QED) is 0.716. The van der Waals surface area contributed by atoms with Crippen LogP contribution in [0.25, 0.3) is 0 Å². The normalized spacial score (nSPS) is 19.6. The topological polar surface area (TPSA) is 54.5 Å². The van der Waals surface area contributed by atoms with Crippen LogP contribution in [-0.4, -0.2) is 31.8 Å². The first-order chi connectivity index (χ1) is 9.71. The maximum atomic E-state index is 14.0. The smallest absolute Gasteiger partial charge is 0.262 e. The zero-order valence-corrected chi connectivity index (χ0v) is 14.4. The lowest BCUT2D eigenvalue weighted by molar-refractivity contribution is 0.0630. The van der Waals surface area contributed by atoms with Gasteiger partial charge < -0.3 is 4.90 Å². The highest BCUT2D eigenvalue weighted by atomic mass is 79.9. The van der Waals surface area contributed by atoms with Crippen LogP contribution in [0.4, 0.5) is 4.39 Å². The van der Waals surface area contributed by atoms with Crippen molar-refractivity contribution in [3.8, 4) is 0 Å². The van der Waals surface area contributed by atoms with Crippen molar-refractivity contribution in [2.45, 2.75) is 37.1 Å². The molecule has 0 N–H and O–H groups in total. The van der Waals surface area contributed by atoms with Crippen molar-refractivity contribution in [1.82, 2.24) is 4.90 Å². The van der Waals surface area contributed by atoms with Gasteiger partial charge in [0.2, 0.25) is 0 Å². The highest BCUT2D eigenvalue weighted by molar-refractivity contribution is 9.10. The summed E-state index contributed by atoms with van der Waals surface area (Å²) in [6, 6.07) is 1.95. The Morgan fingerprint density at radius 3 is 2.67 bits per heavy atom. The largest absolute Gasteiger partial charge is 0.336 e. The van der Waals surface area contributed by atoms with Gasteiger partial charge in [-0.3, -0.25) is 4.79 Å². The van der Waals surface area contributed by atoms with E-state index in [1.54, 1.807) is 4.90 Å². The van der Waals surface area contributed by atoms with Crippen molar-refractivity contribution < 1.29 is 17.6 Å². The van der Waals surface area contributed by atoms with Gasteiger partial charge in [-0.25, -0.2) is 12.8 Å². The number of halogens is 3. The van der Waals surface area contributed by atoms with Crippen LogP contribution in [0.15, 0.2) is 21.5 Å². The third-order valence-electron chi connectivity index (χ3n) is 3.58. The van der Waals surface area contributed by atoms with Crippen LogP contribution in [0, 0.1) is 5.82 Å². The maximum Gasteiger partial charge on any atom is 0.262 e. The monoisotopic (exact) mass is 397 g/mol. The summed E-state index contributed by atoms with van der Waals surface area (Å²) in [6.45, 7) is 2.44. The summed E-state index contributed by atoms with van der Waals surface area (Å²) in [7, 11) is 1.24. The van der Waals surface area contributed by atoms with E-state index in [9.17, 15) is 17.6 Å². The Labute approximate surface area is 135 Å². The molecule has 1 fully saturated rings. The summed E-state index contributed by atoms with van der Waals surface area (Å²) in [6.07, 6.45) is 2.73. The number of hydrogen-bond acceptors (Lipinski definition) is 3. The predicted molar refractivity (Wildman–Crippen MR) is 81.5 cm³/mol. The number of benzene rings is 1. The Kier molecular flexibility index (Phi) is 4.95. The number of carbonyl (C=O) groups excluding carboxylic acids is 1. The van der Waals surface area contributed by atoms with Crippen LogP contribution in [0.3, 0.4) is 0 Å². The third-order valence-corrected chi connectivity index (χ3v) is 5.86. The number of rotatable bonds is 2. The predicted octanol–water partition coefficient (Wildman–Crippen LogP) is 3.53. The highest BCUT2D eigenvalue weighted by Crippen LogP contribution is 2.29. The molecule has 0 radical (unpaired) electrons. The van der Waals surface area contributed by atoms with Crippen LogP contribution in [-0.2, 0) is 9.05 Å². The van der Waals surface area contributed by atoms with Gasteiger partial charge in [-0.2, -0.15) is 0 Å². The van der Waals surface area contributed by atoms with Crippen molar-refractivity contribution in [1.29, 1.82) is 0 Å². The molecule has 0 bridgehead atoms. The van der Waals surface area contributed by atoms with Crippen LogP contribution in [0.1, 0.15) is 36.5 Å². The average molecular weight is 399 g/mol. The van der Waals surface area contributed by atoms with Crippen molar-refractivity contribution in [3.05, 3.63) is 28.0 Å². The molecule has 0 aromatic heterocycles. The SMILES string of the molecule is CC1CCCCN1C(=O)c1cc(S(=O)(=O)Cl)c(Br)cc1F. The van der Waals surface area contributed by atoms with E-state index in [2.05, 4.69) is 15.9 Å². The molecule has 0 saturated carbocycles. The van der Waals surface area contributed by atoms with Gasteiger partial charge in [-0.05, 0) is 54.2 Å². The molecule has 1 aliphatic rings. The second-order valence-electron chi connectivity index (χ2n) is 5.04. The van der Waals surface area contributed by atoms with E-state index in [1.165, 1.54) is 0 Å². The molecule has 0 aliphatic carbocycles. The van der Waals surface area contributed by atoms with Crippen LogP contribution >= 0.6 is 26.6 Å². The lowest BCUT2D eigenvalue weighted by Gasteiger charge is -2.33. The zero-order chi connectivity index (χ0) is 15.8. The number of nitrogens with zero attached hydrogens (tertiary/aromatic N) is 1. The van der Waals surface area contributed by atoms with E-state index in [0.29, 0.717) is 6.54 Å². The summed E-state index contributed by atoms with van der Waals surface area (Å²) < 4.78 is 37.0. The van der Waals surface area contributed by atoms with E-state index >= 15 is 0 Å². The van der Waals surface area contributed by atoms with E-state index in [0.717, 1.165) is 31.4 Å². The first kappa shape index (κ1) is 16.7. The van der Waals surface area contributed by atoms with Gasteiger partial charge >= 0.3 is 0 Å². The molecule has 1 heterocycles. The van der Waals surface area contributed by atoms with Crippen molar-refractivity contribution >= 4 is 41.6 Å². The van der Waals surface area contributed by atoms with Crippen LogP contribution < -0.4 is 0 Å². The standard InChI is InChI=1S/C13H14BrClFNO3S/c1-8-4-2-3-5-17(8)13(18)9-6-12(21(15,19)20)10(14)7-11(9)16/h6-8H,2-5H2,1H3. The number of carbonyl (C=O) groups is 1. The molecule has 21 heavy (non-hydrogen) atoms. The summed E-state index contributed by atoms with van der Waals surface area (Å²) >= 11 is 2.95. The first-order valence-corrected chi connectivity index (χ1v) is 9.56. The van der Waals surface area contributed by atoms with Gasteiger partial charge in [0.25, 0.3) is 15.0 Å². The van der Waals surface area contributed by atoms with Gasteiger partial charge in [0.05, 0.1) is 10.5 Å². The number of amides is 1. The summed E-state index contributed by atoms with van der Waals surface area (Å²) in [5, 5.41) is 0. The van der Waals surface area contributed by atoms with E-state index in [-0.39, 0.29) is 21.0 Å². The molecule has 1 aromatic rings. The fraction of sp³-hybridized carbons (Fsp3) is 0.462. The third kappa shape index (κ3) is 3.57. The fourth-order valence-electron chi connectivity index (χ4n) is 2.43. The summed E-state index contributed by atoms with van der Waals surface area (Å²) in [5.74, 6) is -1.28. The molecule has 116 valence electrons. The Hall–Kier alpha value is -0.660. The molecular formula is C13H14BrClFNO3S. The molecule has 1 atom stereocenters. The first-order valence-electron chi connectivity index (χ1n) is 6.46. The lowest BCUT2D eigenvalue weighted by atomic mass is 10.0. The summed E-state index contributed by atoms with van der Waals surface area (Å²) in [4.78, 5) is 13.7. The van der Waals surface area contributed by atoms with Gasteiger partial charge in [0.1, 0.15) is 5.82 Å². The van der Waals surface area contributed by atoms with Crippen LogP contribution in [0.2, 0.25) is 0 Å². The molecule has 1 aromatic carbocycles. The lowest BCUT2D eigenvalue weighted by Crippen LogP contribution is -2.42. The average Bonchev–Trinajstić information content (AvgIpc) is 2.37. The minimum absolute atomic E-state index is 0.00163. The Bertz CT molecular complexity index is 680. The summed E-state index contributed by atoms with van der Waals surface area (Å²) in [5.41, 5.74) is -0.272. The van der Waals surface area contributed by atoms with Gasteiger partial charge in [-0.1, -0.05) is 0 Å². The molecule has 1 unspecified atom stereocenters. The van der Waals surface area contributed by atoms with E-state index in [1.807, 2.05) is 6.92 Å². The molecule has 0 spiro atoms. The molecular weight excluding hydrogens is 385 g/mol. The van der Waals surface area contributed by atoms with Crippen molar-refractivity contribution in [3.63, 3.8) is 0 Å². The number of likely N-dealkylation sites (tertiary alicyclic amines) is 1. The minimum Gasteiger partial charge on any atom is -0.336 e. The van der Waals surface area contributed by atoms with Gasteiger partial charge in [-0.15, -0.1) is 0 Å².